The second kappa shape index (κ2) is 6.72. The van der Waals surface area contributed by atoms with Gasteiger partial charge in [0.15, 0.2) is 0 Å². The summed E-state index contributed by atoms with van der Waals surface area (Å²) in [5, 5.41) is 6.63. The van der Waals surface area contributed by atoms with E-state index < -0.39 is 10.0 Å². The molecule has 2 aromatic rings. The zero-order chi connectivity index (χ0) is 17.2. The molecule has 1 heterocycles. The van der Waals surface area contributed by atoms with Crippen molar-refractivity contribution in [2.75, 3.05) is 7.11 Å². The van der Waals surface area contributed by atoms with Crippen LogP contribution < -0.4 is 9.46 Å². The molecule has 0 aliphatic carbocycles. The van der Waals surface area contributed by atoms with Gasteiger partial charge in [-0.2, -0.15) is 5.10 Å². The van der Waals surface area contributed by atoms with Gasteiger partial charge < -0.3 is 4.74 Å². The number of aromatic amines is 1. The second-order valence-corrected chi connectivity index (χ2v) is 7.52. The van der Waals surface area contributed by atoms with Gasteiger partial charge in [-0.25, -0.2) is 13.1 Å². The van der Waals surface area contributed by atoms with Crippen LogP contribution in [0.4, 0.5) is 0 Å². The van der Waals surface area contributed by atoms with E-state index in [4.69, 9.17) is 4.74 Å². The molecule has 0 saturated carbocycles. The number of benzene rings is 1. The number of H-pyrrole nitrogens is 1. The molecule has 0 radical (unpaired) electrons. The van der Waals surface area contributed by atoms with E-state index in [-0.39, 0.29) is 11.4 Å². The van der Waals surface area contributed by atoms with Crippen LogP contribution in [0.1, 0.15) is 42.3 Å². The standard InChI is InChI=1S/C16H23N3O3S/c1-10(2)14-8-13(6-7-15(14)22-5)9-17-23(20,21)16-11(3)18-19-12(16)4/h6-8,10,17H,9H2,1-5H3,(H,18,19). The molecule has 0 spiro atoms. The van der Waals surface area contributed by atoms with Crippen molar-refractivity contribution < 1.29 is 13.2 Å². The summed E-state index contributed by atoms with van der Waals surface area (Å²) in [6.07, 6.45) is 0. The van der Waals surface area contributed by atoms with E-state index in [1.807, 2.05) is 18.2 Å². The quantitative estimate of drug-likeness (QED) is 0.849. The van der Waals surface area contributed by atoms with Crippen molar-refractivity contribution in [1.82, 2.24) is 14.9 Å². The molecule has 0 aliphatic heterocycles. The Morgan fingerprint density at radius 1 is 1.30 bits per heavy atom. The van der Waals surface area contributed by atoms with E-state index >= 15 is 0 Å². The Balaban J connectivity index is 2.22. The summed E-state index contributed by atoms with van der Waals surface area (Å²) in [5.74, 6) is 1.10. The summed E-state index contributed by atoms with van der Waals surface area (Å²) in [7, 11) is -1.97. The maximum atomic E-state index is 12.5. The van der Waals surface area contributed by atoms with Crippen LogP contribution in [0, 0.1) is 13.8 Å². The van der Waals surface area contributed by atoms with Gasteiger partial charge in [-0.3, -0.25) is 5.10 Å². The third-order valence-electron chi connectivity index (χ3n) is 3.71. The number of aromatic nitrogens is 2. The van der Waals surface area contributed by atoms with Crippen LogP contribution in [0.2, 0.25) is 0 Å². The van der Waals surface area contributed by atoms with E-state index in [1.165, 1.54) is 0 Å². The first-order valence-electron chi connectivity index (χ1n) is 7.44. The van der Waals surface area contributed by atoms with Crippen molar-refractivity contribution in [3.63, 3.8) is 0 Å². The van der Waals surface area contributed by atoms with Crippen LogP contribution in [0.15, 0.2) is 23.1 Å². The van der Waals surface area contributed by atoms with E-state index in [0.29, 0.717) is 17.3 Å². The Morgan fingerprint density at radius 3 is 2.52 bits per heavy atom. The van der Waals surface area contributed by atoms with Gasteiger partial charge in [0, 0.05) is 6.54 Å². The molecular weight excluding hydrogens is 314 g/mol. The van der Waals surface area contributed by atoms with Crippen molar-refractivity contribution in [3.8, 4) is 5.75 Å². The summed E-state index contributed by atoms with van der Waals surface area (Å²) >= 11 is 0. The average molecular weight is 337 g/mol. The van der Waals surface area contributed by atoms with Crippen LogP contribution in [0.5, 0.6) is 5.75 Å². The Morgan fingerprint density at radius 2 is 2.00 bits per heavy atom. The van der Waals surface area contributed by atoms with Gasteiger partial charge in [-0.15, -0.1) is 0 Å². The fourth-order valence-corrected chi connectivity index (χ4v) is 3.92. The second-order valence-electron chi connectivity index (χ2n) is 5.82. The van der Waals surface area contributed by atoms with Crippen LogP contribution in [0.25, 0.3) is 0 Å². The third-order valence-corrected chi connectivity index (χ3v) is 5.38. The molecular formula is C16H23N3O3S. The first-order valence-corrected chi connectivity index (χ1v) is 8.92. The number of hydrogen-bond acceptors (Lipinski definition) is 4. The lowest BCUT2D eigenvalue weighted by atomic mass is 9.99. The monoisotopic (exact) mass is 337 g/mol. The van der Waals surface area contributed by atoms with Crippen LogP contribution in [-0.2, 0) is 16.6 Å². The van der Waals surface area contributed by atoms with Gasteiger partial charge in [0.25, 0.3) is 0 Å². The molecule has 0 aliphatic rings. The highest BCUT2D eigenvalue weighted by atomic mass is 32.2. The van der Waals surface area contributed by atoms with E-state index in [2.05, 4.69) is 28.8 Å². The largest absolute Gasteiger partial charge is 0.496 e. The minimum Gasteiger partial charge on any atom is -0.496 e. The lowest BCUT2D eigenvalue weighted by Gasteiger charge is -2.14. The molecule has 23 heavy (non-hydrogen) atoms. The minimum atomic E-state index is -3.60. The van der Waals surface area contributed by atoms with Crippen molar-refractivity contribution in [1.29, 1.82) is 0 Å². The van der Waals surface area contributed by atoms with Crippen molar-refractivity contribution in [2.24, 2.45) is 0 Å². The van der Waals surface area contributed by atoms with Crippen LogP contribution in [-0.4, -0.2) is 25.7 Å². The highest BCUT2D eigenvalue weighted by Gasteiger charge is 2.22. The average Bonchev–Trinajstić information content (AvgIpc) is 2.84. The molecule has 0 atom stereocenters. The summed E-state index contributed by atoms with van der Waals surface area (Å²) in [5.41, 5.74) is 2.94. The first-order chi connectivity index (χ1) is 10.8. The SMILES string of the molecule is COc1ccc(CNS(=O)(=O)c2c(C)n[nH]c2C)cc1C(C)C. The number of sulfonamides is 1. The predicted molar refractivity (Wildman–Crippen MR) is 89.2 cm³/mol. The lowest BCUT2D eigenvalue weighted by molar-refractivity contribution is 0.407. The number of nitrogens with one attached hydrogen (secondary N) is 2. The highest BCUT2D eigenvalue weighted by molar-refractivity contribution is 7.89. The molecule has 2 N–H and O–H groups in total. The van der Waals surface area contributed by atoms with Crippen molar-refractivity contribution >= 4 is 10.0 Å². The summed E-state index contributed by atoms with van der Waals surface area (Å²) < 4.78 is 32.9. The normalized spacial score (nSPS) is 11.9. The molecule has 0 amide bonds. The lowest BCUT2D eigenvalue weighted by Crippen LogP contribution is -2.24. The topological polar surface area (TPSA) is 84.1 Å². The fraction of sp³-hybridized carbons (Fsp3) is 0.438. The first kappa shape index (κ1) is 17.5. The van der Waals surface area contributed by atoms with Crippen LogP contribution in [0.3, 0.4) is 0 Å². The molecule has 1 aromatic heterocycles. The smallest absolute Gasteiger partial charge is 0.244 e. The molecule has 0 unspecified atom stereocenters. The summed E-state index contributed by atoms with van der Waals surface area (Å²) in [6, 6.07) is 5.71. The van der Waals surface area contributed by atoms with Gasteiger partial charge in [0.1, 0.15) is 10.6 Å². The Hall–Kier alpha value is -1.86. The highest BCUT2D eigenvalue weighted by Crippen LogP contribution is 2.27. The number of aryl methyl sites for hydroxylation is 2. The predicted octanol–water partition coefficient (Wildman–Crippen LogP) is 2.64. The molecule has 2 rings (SSSR count). The minimum absolute atomic E-state index is 0.218. The summed E-state index contributed by atoms with van der Waals surface area (Å²) in [6.45, 7) is 7.73. The van der Waals surface area contributed by atoms with Gasteiger partial charge >= 0.3 is 0 Å². The van der Waals surface area contributed by atoms with E-state index in [9.17, 15) is 8.42 Å². The maximum absolute atomic E-state index is 12.5. The van der Waals surface area contributed by atoms with E-state index in [0.717, 1.165) is 16.9 Å². The Bertz CT molecular complexity index is 775. The summed E-state index contributed by atoms with van der Waals surface area (Å²) in [4.78, 5) is 0.218. The number of nitrogens with zero attached hydrogens (tertiary/aromatic N) is 1. The maximum Gasteiger partial charge on any atom is 0.244 e. The molecule has 1 aromatic carbocycles. The third kappa shape index (κ3) is 3.73. The molecule has 126 valence electrons. The number of hydrogen-bond donors (Lipinski definition) is 2. The zero-order valence-electron chi connectivity index (χ0n) is 14.1. The number of methoxy groups -OCH3 is 1. The van der Waals surface area contributed by atoms with Gasteiger partial charge in [0.05, 0.1) is 18.5 Å². The fourth-order valence-electron chi connectivity index (χ4n) is 2.53. The zero-order valence-corrected chi connectivity index (χ0v) is 14.9. The van der Waals surface area contributed by atoms with Crippen molar-refractivity contribution in [2.45, 2.75) is 45.1 Å². The van der Waals surface area contributed by atoms with Crippen LogP contribution >= 0.6 is 0 Å². The van der Waals surface area contributed by atoms with Gasteiger partial charge in [-0.05, 0) is 37.0 Å². The molecule has 0 bridgehead atoms. The number of ether oxygens (including phenoxy) is 1. The molecule has 0 saturated heterocycles. The van der Waals surface area contributed by atoms with Gasteiger partial charge in [0.2, 0.25) is 10.0 Å². The Kier molecular flexibility index (Phi) is 5.11. The van der Waals surface area contributed by atoms with Crippen molar-refractivity contribution in [3.05, 3.63) is 40.7 Å². The van der Waals surface area contributed by atoms with Gasteiger partial charge in [-0.1, -0.05) is 26.0 Å². The number of rotatable bonds is 6. The molecule has 7 heteroatoms. The van der Waals surface area contributed by atoms with E-state index in [1.54, 1.807) is 21.0 Å². The molecule has 0 fully saturated rings. The molecule has 6 nitrogen and oxygen atoms in total. The Labute approximate surface area is 137 Å².